The smallest absolute Gasteiger partial charge is 0.323 e. The largest absolute Gasteiger partial charge is 0.329 e. The van der Waals surface area contributed by atoms with Crippen LogP contribution < -0.4 is 10.2 Å². The number of imide groups is 1. The van der Waals surface area contributed by atoms with Gasteiger partial charge in [0.05, 0.1) is 17.3 Å². The molecule has 5 heteroatoms. The molecule has 2 aliphatic rings. The molecule has 1 heterocycles. The fourth-order valence-electron chi connectivity index (χ4n) is 3.16. The lowest BCUT2D eigenvalue weighted by molar-refractivity contribution is -0.123. The average molecular weight is 283 g/mol. The summed E-state index contributed by atoms with van der Waals surface area (Å²) >= 11 is 0. The number of urea groups is 1. The summed E-state index contributed by atoms with van der Waals surface area (Å²) in [4.78, 5) is 26.2. The zero-order valence-electron chi connectivity index (χ0n) is 11.9. The van der Waals surface area contributed by atoms with E-state index in [0.717, 1.165) is 12.8 Å². The summed E-state index contributed by atoms with van der Waals surface area (Å²) in [6, 6.07) is 8.23. The molecule has 21 heavy (non-hydrogen) atoms. The summed E-state index contributed by atoms with van der Waals surface area (Å²) in [7, 11) is 0. The highest BCUT2D eigenvalue weighted by Gasteiger charge is 2.52. The minimum atomic E-state index is -0.744. The number of nitriles is 1. The van der Waals surface area contributed by atoms with Crippen LogP contribution in [0.3, 0.4) is 0 Å². The Balaban J connectivity index is 1.92. The Morgan fingerprint density at radius 3 is 2.71 bits per heavy atom. The summed E-state index contributed by atoms with van der Waals surface area (Å²) < 4.78 is 0. The van der Waals surface area contributed by atoms with Crippen molar-refractivity contribution in [2.24, 2.45) is 5.92 Å². The maximum Gasteiger partial charge on any atom is 0.329 e. The van der Waals surface area contributed by atoms with Crippen LogP contribution in [0.2, 0.25) is 0 Å². The Labute approximate surface area is 123 Å². The van der Waals surface area contributed by atoms with E-state index in [9.17, 15) is 9.59 Å². The van der Waals surface area contributed by atoms with Crippen LogP contribution in [0.5, 0.6) is 0 Å². The Morgan fingerprint density at radius 2 is 2.05 bits per heavy atom. The van der Waals surface area contributed by atoms with Gasteiger partial charge in [-0.15, -0.1) is 0 Å². The Kier molecular flexibility index (Phi) is 3.17. The number of benzene rings is 1. The van der Waals surface area contributed by atoms with Crippen molar-refractivity contribution in [3.63, 3.8) is 0 Å². The van der Waals surface area contributed by atoms with Crippen LogP contribution in [0.15, 0.2) is 24.3 Å². The lowest BCUT2D eigenvalue weighted by atomic mass is 9.77. The van der Waals surface area contributed by atoms with E-state index >= 15 is 0 Å². The first-order valence-corrected chi connectivity index (χ1v) is 7.22. The Hall–Kier alpha value is -2.35. The van der Waals surface area contributed by atoms with Gasteiger partial charge in [0.15, 0.2) is 0 Å². The maximum atomic E-state index is 12.8. The highest BCUT2D eigenvalue weighted by molar-refractivity contribution is 6.23. The highest BCUT2D eigenvalue weighted by atomic mass is 16.2. The van der Waals surface area contributed by atoms with Gasteiger partial charge in [-0.05, 0) is 49.8 Å². The van der Waals surface area contributed by atoms with E-state index in [4.69, 9.17) is 5.26 Å². The van der Waals surface area contributed by atoms with E-state index in [1.54, 1.807) is 24.3 Å². The Morgan fingerprint density at radius 1 is 1.33 bits per heavy atom. The van der Waals surface area contributed by atoms with Gasteiger partial charge in [-0.1, -0.05) is 13.0 Å². The van der Waals surface area contributed by atoms with Gasteiger partial charge in [-0.3, -0.25) is 4.79 Å². The summed E-state index contributed by atoms with van der Waals surface area (Å²) in [6.07, 6.45) is 3.26. The van der Waals surface area contributed by atoms with Gasteiger partial charge in [0.25, 0.3) is 5.91 Å². The van der Waals surface area contributed by atoms with Crippen molar-refractivity contribution in [1.29, 1.82) is 5.26 Å². The molecule has 0 atom stereocenters. The fraction of sp³-hybridized carbons (Fsp3) is 0.438. The molecular weight excluding hydrogens is 266 g/mol. The molecule has 3 amide bonds. The molecule has 1 N–H and O–H groups in total. The minimum absolute atomic E-state index is 0.186. The lowest BCUT2D eigenvalue weighted by Crippen LogP contribution is -2.49. The SMILES string of the molecule is CC1CCC2(CC1)NC(=O)N(c1cccc(C#N)c1)C2=O. The maximum absolute atomic E-state index is 12.8. The summed E-state index contributed by atoms with van der Waals surface area (Å²) in [5, 5.41) is 11.8. The van der Waals surface area contributed by atoms with E-state index in [1.165, 1.54) is 4.90 Å². The summed E-state index contributed by atoms with van der Waals surface area (Å²) in [5.74, 6) is 0.408. The number of nitrogens with zero attached hydrogens (tertiary/aromatic N) is 2. The molecule has 1 saturated heterocycles. The fourth-order valence-corrected chi connectivity index (χ4v) is 3.16. The first kappa shape index (κ1) is 13.6. The van der Waals surface area contributed by atoms with Crippen LogP contribution in [-0.4, -0.2) is 17.5 Å². The van der Waals surface area contributed by atoms with Crippen LogP contribution in [0.4, 0.5) is 10.5 Å². The van der Waals surface area contributed by atoms with Crippen LogP contribution >= 0.6 is 0 Å². The molecule has 2 fully saturated rings. The van der Waals surface area contributed by atoms with Crippen molar-refractivity contribution in [3.05, 3.63) is 29.8 Å². The van der Waals surface area contributed by atoms with Crippen molar-refractivity contribution in [2.75, 3.05) is 4.90 Å². The minimum Gasteiger partial charge on any atom is -0.323 e. The van der Waals surface area contributed by atoms with E-state index in [0.29, 0.717) is 30.0 Å². The second kappa shape index (κ2) is 4.88. The second-order valence-electron chi connectivity index (χ2n) is 6.00. The van der Waals surface area contributed by atoms with Gasteiger partial charge in [-0.25, -0.2) is 9.69 Å². The van der Waals surface area contributed by atoms with Gasteiger partial charge in [0.1, 0.15) is 5.54 Å². The molecule has 1 aliphatic carbocycles. The molecule has 0 bridgehead atoms. The molecule has 1 saturated carbocycles. The number of nitrogens with one attached hydrogen (secondary N) is 1. The van der Waals surface area contributed by atoms with Gasteiger partial charge in [-0.2, -0.15) is 5.26 Å². The molecule has 1 aromatic rings. The quantitative estimate of drug-likeness (QED) is 0.805. The van der Waals surface area contributed by atoms with Crippen molar-refractivity contribution in [3.8, 4) is 6.07 Å². The number of amides is 3. The van der Waals surface area contributed by atoms with Crippen LogP contribution in [0.1, 0.15) is 38.2 Å². The predicted octanol–water partition coefficient (Wildman–Crippen LogP) is 2.56. The average Bonchev–Trinajstić information content (AvgIpc) is 2.73. The topological polar surface area (TPSA) is 73.2 Å². The predicted molar refractivity (Wildman–Crippen MR) is 77.5 cm³/mol. The molecule has 0 radical (unpaired) electrons. The number of hydrogen-bond donors (Lipinski definition) is 1. The van der Waals surface area contributed by atoms with Crippen molar-refractivity contribution in [2.45, 2.75) is 38.1 Å². The first-order valence-electron chi connectivity index (χ1n) is 7.22. The van der Waals surface area contributed by atoms with E-state index < -0.39 is 5.54 Å². The number of carbonyl (C=O) groups is 2. The highest BCUT2D eigenvalue weighted by Crippen LogP contribution is 2.37. The van der Waals surface area contributed by atoms with Crippen LogP contribution in [-0.2, 0) is 4.79 Å². The molecule has 3 rings (SSSR count). The van der Waals surface area contributed by atoms with Gasteiger partial charge >= 0.3 is 6.03 Å². The second-order valence-corrected chi connectivity index (χ2v) is 6.00. The standard InChI is InChI=1S/C16H17N3O2/c1-11-5-7-16(8-6-11)14(20)19(15(21)18-16)13-4-2-3-12(9-13)10-17/h2-4,9,11H,5-8H2,1H3,(H,18,21). The molecule has 1 spiro atoms. The molecule has 5 nitrogen and oxygen atoms in total. The molecule has 1 aliphatic heterocycles. The normalized spacial score (nSPS) is 28.6. The third-order valence-electron chi connectivity index (χ3n) is 4.52. The molecule has 1 aromatic carbocycles. The number of rotatable bonds is 1. The number of carbonyl (C=O) groups excluding carboxylic acids is 2. The third-order valence-corrected chi connectivity index (χ3v) is 4.52. The zero-order valence-corrected chi connectivity index (χ0v) is 11.9. The van der Waals surface area contributed by atoms with Crippen LogP contribution in [0, 0.1) is 17.2 Å². The van der Waals surface area contributed by atoms with E-state index in [2.05, 4.69) is 12.2 Å². The van der Waals surface area contributed by atoms with Gasteiger partial charge < -0.3 is 5.32 Å². The van der Waals surface area contributed by atoms with E-state index in [1.807, 2.05) is 6.07 Å². The molecule has 108 valence electrons. The van der Waals surface area contributed by atoms with E-state index in [-0.39, 0.29) is 11.9 Å². The van der Waals surface area contributed by atoms with Crippen LogP contribution in [0.25, 0.3) is 0 Å². The first-order chi connectivity index (χ1) is 10.1. The molecular formula is C16H17N3O2. The number of hydrogen-bond acceptors (Lipinski definition) is 3. The van der Waals surface area contributed by atoms with Gasteiger partial charge in [0, 0.05) is 0 Å². The van der Waals surface area contributed by atoms with Crippen molar-refractivity contribution in [1.82, 2.24) is 5.32 Å². The summed E-state index contributed by atoms with van der Waals surface area (Å²) in [6.45, 7) is 2.17. The third kappa shape index (κ3) is 2.17. The van der Waals surface area contributed by atoms with Crippen molar-refractivity contribution >= 4 is 17.6 Å². The molecule has 0 unspecified atom stereocenters. The number of anilines is 1. The van der Waals surface area contributed by atoms with Gasteiger partial charge in [0.2, 0.25) is 0 Å². The summed E-state index contributed by atoms with van der Waals surface area (Å²) in [5.41, 5.74) is 0.157. The lowest BCUT2D eigenvalue weighted by Gasteiger charge is -2.33. The Bertz CT molecular complexity index is 639. The monoisotopic (exact) mass is 283 g/mol. The molecule has 0 aromatic heterocycles. The zero-order chi connectivity index (χ0) is 15.0. The van der Waals surface area contributed by atoms with Crippen molar-refractivity contribution < 1.29 is 9.59 Å².